The van der Waals surface area contributed by atoms with E-state index in [1.165, 1.54) is 25.7 Å². The van der Waals surface area contributed by atoms with E-state index in [9.17, 15) is 10.1 Å². The number of hydrogen-bond acceptors (Lipinski definition) is 4. The van der Waals surface area contributed by atoms with E-state index in [4.69, 9.17) is 9.31 Å². The standard InChI is InChI=1S/C26H41BN2O3/c1-7-9-11-13-15-29(16-14-12-10-8-2)24(30)22-17-21(20-28)18-23(19-22)27-31-25(3,4)26(5,6)32-27/h17-19H,7-16H2,1-6H3. The van der Waals surface area contributed by atoms with Crippen LogP contribution in [0.1, 0.15) is 109 Å². The molecule has 0 N–H and O–H groups in total. The summed E-state index contributed by atoms with van der Waals surface area (Å²) in [6, 6.07) is 7.51. The number of unbranched alkanes of at least 4 members (excludes halogenated alkanes) is 6. The minimum atomic E-state index is -0.595. The molecular formula is C26H41BN2O3. The van der Waals surface area contributed by atoms with E-state index in [0.717, 1.165) is 44.2 Å². The summed E-state index contributed by atoms with van der Waals surface area (Å²) in [4.78, 5) is 15.5. The second-order valence-electron chi connectivity index (χ2n) is 9.96. The third kappa shape index (κ3) is 6.83. The lowest BCUT2D eigenvalue weighted by Gasteiger charge is -2.32. The number of benzene rings is 1. The van der Waals surface area contributed by atoms with Crippen molar-refractivity contribution in [1.29, 1.82) is 5.26 Å². The summed E-state index contributed by atoms with van der Waals surface area (Å²) in [5.74, 6) is -0.00661. The van der Waals surface area contributed by atoms with E-state index in [2.05, 4.69) is 19.9 Å². The number of carbonyl (C=O) groups excluding carboxylic acids is 1. The van der Waals surface area contributed by atoms with E-state index >= 15 is 0 Å². The number of hydrogen-bond donors (Lipinski definition) is 0. The van der Waals surface area contributed by atoms with E-state index in [-0.39, 0.29) is 5.91 Å². The first kappa shape index (κ1) is 26.4. The maximum Gasteiger partial charge on any atom is 0.494 e. The maximum atomic E-state index is 13.5. The van der Waals surface area contributed by atoms with Crippen LogP contribution < -0.4 is 5.46 Å². The largest absolute Gasteiger partial charge is 0.494 e. The van der Waals surface area contributed by atoms with Gasteiger partial charge < -0.3 is 14.2 Å². The van der Waals surface area contributed by atoms with Crippen molar-refractivity contribution >= 4 is 18.5 Å². The minimum absolute atomic E-state index is 0.00661. The summed E-state index contributed by atoms with van der Waals surface area (Å²) in [6.45, 7) is 13.9. The van der Waals surface area contributed by atoms with Gasteiger partial charge in [-0.2, -0.15) is 5.26 Å². The van der Waals surface area contributed by atoms with E-state index in [0.29, 0.717) is 11.1 Å². The van der Waals surface area contributed by atoms with Crippen LogP contribution in [-0.4, -0.2) is 42.2 Å². The molecule has 1 heterocycles. The second-order valence-corrected chi connectivity index (χ2v) is 9.96. The molecule has 1 aliphatic rings. The zero-order valence-electron chi connectivity index (χ0n) is 21.0. The molecule has 0 unspecified atom stereocenters. The first-order valence-corrected chi connectivity index (χ1v) is 12.3. The van der Waals surface area contributed by atoms with Crippen molar-refractivity contribution in [2.24, 2.45) is 0 Å². The zero-order valence-corrected chi connectivity index (χ0v) is 21.0. The summed E-state index contributed by atoms with van der Waals surface area (Å²) in [5, 5.41) is 9.60. The first-order valence-electron chi connectivity index (χ1n) is 12.3. The highest BCUT2D eigenvalue weighted by Gasteiger charge is 2.51. The molecule has 0 aromatic heterocycles. The first-order chi connectivity index (χ1) is 15.1. The molecule has 6 heteroatoms. The van der Waals surface area contributed by atoms with Crippen molar-refractivity contribution in [3.63, 3.8) is 0 Å². The quantitative estimate of drug-likeness (QED) is 0.320. The second kappa shape index (κ2) is 11.9. The Balaban J connectivity index is 2.24. The molecule has 32 heavy (non-hydrogen) atoms. The van der Waals surface area contributed by atoms with Gasteiger partial charge in [0, 0.05) is 18.7 Å². The predicted molar refractivity (Wildman–Crippen MR) is 131 cm³/mol. The van der Waals surface area contributed by atoms with Crippen molar-refractivity contribution in [3.8, 4) is 6.07 Å². The van der Waals surface area contributed by atoms with Crippen LogP contribution in [0.25, 0.3) is 0 Å². The van der Waals surface area contributed by atoms with Gasteiger partial charge in [0.15, 0.2) is 0 Å². The Kier molecular flexibility index (Phi) is 9.79. The molecular weight excluding hydrogens is 399 g/mol. The number of nitrogens with zero attached hydrogens (tertiary/aromatic N) is 2. The van der Waals surface area contributed by atoms with Gasteiger partial charge in [0.2, 0.25) is 0 Å². The normalized spacial score (nSPS) is 16.7. The molecule has 0 spiro atoms. The van der Waals surface area contributed by atoms with Crippen molar-refractivity contribution in [1.82, 2.24) is 4.90 Å². The van der Waals surface area contributed by atoms with Crippen LogP contribution in [0.2, 0.25) is 0 Å². The Morgan fingerprint density at radius 2 is 1.44 bits per heavy atom. The Labute approximate surface area is 195 Å². The lowest BCUT2D eigenvalue weighted by atomic mass is 9.77. The van der Waals surface area contributed by atoms with E-state index in [1.807, 2.05) is 38.7 Å². The molecule has 0 atom stereocenters. The lowest BCUT2D eigenvalue weighted by Crippen LogP contribution is -2.41. The number of amides is 1. The summed E-state index contributed by atoms with van der Waals surface area (Å²) in [5.41, 5.74) is 0.768. The highest BCUT2D eigenvalue weighted by Crippen LogP contribution is 2.36. The Morgan fingerprint density at radius 1 is 0.906 bits per heavy atom. The van der Waals surface area contributed by atoms with Crippen molar-refractivity contribution in [3.05, 3.63) is 29.3 Å². The van der Waals surface area contributed by atoms with Crippen LogP contribution in [0.4, 0.5) is 0 Å². The van der Waals surface area contributed by atoms with Crippen LogP contribution in [0, 0.1) is 11.3 Å². The fourth-order valence-electron chi connectivity index (χ4n) is 3.91. The average molecular weight is 440 g/mol. The Bertz CT molecular complexity index is 773. The molecule has 0 radical (unpaired) electrons. The molecule has 176 valence electrons. The average Bonchev–Trinajstić information content (AvgIpc) is 2.98. The number of carbonyl (C=O) groups is 1. The molecule has 0 saturated carbocycles. The summed E-state index contributed by atoms with van der Waals surface area (Å²) >= 11 is 0. The molecule has 5 nitrogen and oxygen atoms in total. The molecule has 1 saturated heterocycles. The van der Waals surface area contributed by atoms with Crippen molar-refractivity contribution in [2.75, 3.05) is 13.1 Å². The lowest BCUT2D eigenvalue weighted by molar-refractivity contribution is 0.00578. The fourth-order valence-corrected chi connectivity index (χ4v) is 3.91. The zero-order chi connectivity index (χ0) is 23.8. The number of rotatable bonds is 12. The van der Waals surface area contributed by atoms with Crippen LogP contribution in [0.3, 0.4) is 0 Å². The smallest absolute Gasteiger partial charge is 0.399 e. The maximum absolute atomic E-state index is 13.5. The Hall–Kier alpha value is -1.84. The third-order valence-corrected chi connectivity index (χ3v) is 6.71. The van der Waals surface area contributed by atoms with Gasteiger partial charge in [0.1, 0.15) is 0 Å². The van der Waals surface area contributed by atoms with Crippen LogP contribution in [0.15, 0.2) is 18.2 Å². The fraction of sp³-hybridized carbons (Fsp3) is 0.692. The van der Waals surface area contributed by atoms with Crippen LogP contribution in [-0.2, 0) is 9.31 Å². The molecule has 0 bridgehead atoms. The molecule has 1 aromatic carbocycles. The SMILES string of the molecule is CCCCCCN(CCCCCC)C(=O)c1cc(C#N)cc(B2OC(C)(C)C(C)(C)O2)c1. The summed E-state index contributed by atoms with van der Waals surface area (Å²) < 4.78 is 12.3. The van der Waals surface area contributed by atoms with Crippen LogP contribution >= 0.6 is 0 Å². The summed E-state index contributed by atoms with van der Waals surface area (Å²) in [7, 11) is -0.595. The molecule has 1 amide bonds. The van der Waals surface area contributed by atoms with Crippen molar-refractivity contribution < 1.29 is 14.1 Å². The number of nitriles is 1. The van der Waals surface area contributed by atoms with Crippen LogP contribution in [0.5, 0.6) is 0 Å². The molecule has 0 aliphatic carbocycles. The highest BCUT2D eigenvalue weighted by atomic mass is 16.7. The molecule has 2 rings (SSSR count). The molecule has 1 aliphatic heterocycles. The van der Waals surface area contributed by atoms with Gasteiger partial charge >= 0.3 is 7.12 Å². The monoisotopic (exact) mass is 440 g/mol. The van der Waals surface area contributed by atoms with Gasteiger partial charge in [-0.3, -0.25) is 4.79 Å². The van der Waals surface area contributed by atoms with E-state index < -0.39 is 18.3 Å². The molecule has 1 aromatic rings. The highest BCUT2D eigenvalue weighted by molar-refractivity contribution is 6.62. The van der Waals surface area contributed by atoms with Gasteiger partial charge in [0.05, 0.1) is 22.8 Å². The minimum Gasteiger partial charge on any atom is -0.399 e. The van der Waals surface area contributed by atoms with E-state index in [1.54, 1.807) is 12.1 Å². The summed E-state index contributed by atoms with van der Waals surface area (Å²) in [6.07, 6.45) is 9.00. The Morgan fingerprint density at radius 3 is 1.91 bits per heavy atom. The third-order valence-electron chi connectivity index (χ3n) is 6.71. The van der Waals surface area contributed by atoms with Gasteiger partial charge in [-0.1, -0.05) is 52.4 Å². The van der Waals surface area contributed by atoms with Gasteiger partial charge in [-0.05, 0) is 64.2 Å². The topological polar surface area (TPSA) is 62.6 Å². The van der Waals surface area contributed by atoms with Crippen molar-refractivity contribution in [2.45, 2.75) is 104 Å². The molecule has 1 fully saturated rings. The predicted octanol–water partition coefficient (Wildman–Crippen LogP) is 5.46. The van der Waals surface area contributed by atoms with Gasteiger partial charge in [0.25, 0.3) is 5.91 Å². The van der Waals surface area contributed by atoms with Gasteiger partial charge in [-0.15, -0.1) is 0 Å². The van der Waals surface area contributed by atoms with Gasteiger partial charge in [-0.25, -0.2) is 0 Å².